The molecule has 3 aromatic rings. The third kappa shape index (κ3) is 6.31. The summed E-state index contributed by atoms with van der Waals surface area (Å²) in [6, 6.07) is 18.1. The van der Waals surface area contributed by atoms with E-state index in [9.17, 15) is 5.11 Å². The average Bonchev–Trinajstić information content (AvgIpc) is 3.68. The van der Waals surface area contributed by atoms with Crippen molar-refractivity contribution in [1.82, 2.24) is 14.7 Å². The molecule has 0 spiro atoms. The molecular weight excluding hydrogens is 442 g/mol. The van der Waals surface area contributed by atoms with E-state index in [1.165, 1.54) is 0 Å². The second-order valence-corrected chi connectivity index (χ2v) is 8.72. The van der Waals surface area contributed by atoms with Crippen LogP contribution in [0.15, 0.2) is 67.3 Å². The zero-order chi connectivity index (χ0) is 24.6. The lowest BCUT2D eigenvalue weighted by molar-refractivity contribution is 0.0226. The van der Waals surface area contributed by atoms with E-state index in [0.717, 1.165) is 36.2 Å². The first-order chi connectivity index (χ1) is 17.1. The van der Waals surface area contributed by atoms with Gasteiger partial charge in [0.25, 0.3) is 0 Å². The van der Waals surface area contributed by atoms with Gasteiger partial charge in [-0.25, -0.2) is 4.68 Å². The quantitative estimate of drug-likeness (QED) is 0.267. The summed E-state index contributed by atoms with van der Waals surface area (Å²) < 4.78 is 19.4. The van der Waals surface area contributed by atoms with E-state index < -0.39 is 6.10 Å². The van der Waals surface area contributed by atoms with Gasteiger partial charge in [0.1, 0.15) is 0 Å². The maximum atomic E-state index is 10.6. The zero-order valence-electron chi connectivity index (χ0n) is 20.6. The van der Waals surface area contributed by atoms with Gasteiger partial charge >= 0.3 is 0 Å². The van der Waals surface area contributed by atoms with Crippen LogP contribution in [0.25, 0.3) is 5.69 Å². The molecule has 0 amide bonds. The largest absolute Gasteiger partial charge is 0.493 e. The number of para-hydroxylation sites is 3. The van der Waals surface area contributed by atoms with Crippen LogP contribution < -0.4 is 9.47 Å². The van der Waals surface area contributed by atoms with Crippen LogP contribution in [0.2, 0.25) is 0 Å². The number of aliphatic hydroxyl groups is 1. The molecule has 1 unspecified atom stereocenters. The molecule has 0 aliphatic heterocycles. The van der Waals surface area contributed by atoms with E-state index in [-0.39, 0.29) is 6.61 Å². The Labute approximate surface area is 207 Å². The number of aliphatic hydroxyl groups excluding tert-OH is 1. The van der Waals surface area contributed by atoms with Crippen LogP contribution in [0, 0.1) is 0 Å². The molecule has 1 aliphatic rings. The minimum atomic E-state index is -0.580. The number of aromatic nitrogens is 2. The van der Waals surface area contributed by atoms with Crippen LogP contribution >= 0.6 is 0 Å². The summed E-state index contributed by atoms with van der Waals surface area (Å²) in [5.41, 5.74) is 2.92. The van der Waals surface area contributed by atoms with Crippen molar-refractivity contribution in [3.05, 3.63) is 78.5 Å². The van der Waals surface area contributed by atoms with Gasteiger partial charge in [0.15, 0.2) is 11.5 Å². The zero-order valence-corrected chi connectivity index (χ0v) is 20.6. The van der Waals surface area contributed by atoms with Gasteiger partial charge in [-0.3, -0.25) is 4.90 Å². The summed E-state index contributed by atoms with van der Waals surface area (Å²) in [4.78, 5) is 2.32. The number of ether oxygens (including phenoxy) is 3. The maximum Gasteiger partial charge on any atom is 0.227 e. The molecule has 0 bridgehead atoms. The van der Waals surface area contributed by atoms with E-state index in [4.69, 9.17) is 19.3 Å². The van der Waals surface area contributed by atoms with E-state index >= 15 is 0 Å². The molecule has 186 valence electrons. The molecule has 1 heterocycles. The van der Waals surface area contributed by atoms with Crippen LogP contribution in [0.3, 0.4) is 0 Å². The number of methoxy groups -OCH3 is 1. The number of nitrogens with zero attached hydrogens (tertiary/aromatic N) is 3. The lowest BCUT2D eigenvalue weighted by Crippen LogP contribution is -2.36. The lowest BCUT2D eigenvalue weighted by atomic mass is 10.1. The molecule has 1 saturated carbocycles. The summed E-state index contributed by atoms with van der Waals surface area (Å²) in [5, 5.41) is 15.6. The van der Waals surface area contributed by atoms with Crippen molar-refractivity contribution in [3.63, 3.8) is 0 Å². The third-order valence-corrected chi connectivity index (χ3v) is 6.05. The highest BCUT2D eigenvalue weighted by atomic mass is 16.5. The molecule has 0 radical (unpaired) electrons. The molecular formula is C28H35N3O4. The molecule has 1 aliphatic carbocycles. The number of aryl methyl sites for hydroxylation is 1. The van der Waals surface area contributed by atoms with Crippen LogP contribution in [0.5, 0.6) is 17.4 Å². The topological polar surface area (TPSA) is 69.0 Å². The van der Waals surface area contributed by atoms with Crippen LogP contribution in [0.4, 0.5) is 0 Å². The SMILES string of the molecule is C=CCOCC(O)CN(Cc1c(CC)nn(-c2ccccc2)c1Oc1ccccc1OC)C1CC1. The van der Waals surface area contributed by atoms with Gasteiger partial charge < -0.3 is 19.3 Å². The fourth-order valence-corrected chi connectivity index (χ4v) is 4.17. The summed E-state index contributed by atoms with van der Waals surface area (Å²) in [5.74, 6) is 1.96. The number of hydrogen-bond acceptors (Lipinski definition) is 6. The first-order valence-corrected chi connectivity index (χ1v) is 12.2. The number of rotatable bonds is 14. The van der Waals surface area contributed by atoms with Crippen molar-refractivity contribution < 1.29 is 19.3 Å². The predicted octanol–water partition coefficient (Wildman–Crippen LogP) is 4.76. The van der Waals surface area contributed by atoms with Gasteiger partial charge in [0, 0.05) is 19.1 Å². The molecule has 7 nitrogen and oxygen atoms in total. The molecule has 2 aromatic carbocycles. The predicted molar refractivity (Wildman–Crippen MR) is 136 cm³/mol. The summed E-state index contributed by atoms with van der Waals surface area (Å²) in [7, 11) is 1.64. The Hall–Kier alpha value is -3.13. The molecule has 1 aromatic heterocycles. The van der Waals surface area contributed by atoms with Crippen molar-refractivity contribution >= 4 is 0 Å². The van der Waals surface area contributed by atoms with Crippen LogP contribution in [-0.2, 0) is 17.7 Å². The Morgan fingerprint density at radius 3 is 2.51 bits per heavy atom. The smallest absolute Gasteiger partial charge is 0.227 e. The lowest BCUT2D eigenvalue weighted by Gasteiger charge is -2.25. The first kappa shape index (κ1) is 25.0. The normalized spacial score (nSPS) is 14.2. The van der Waals surface area contributed by atoms with Crippen molar-refractivity contribution in [2.75, 3.05) is 26.9 Å². The molecule has 1 N–H and O–H groups in total. The monoisotopic (exact) mass is 477 g/mol. The highest BCUT2D eigenvalue weighted by Crippen LogP contribution is 2.38. The molecule has 1 fully saturated rings. The van der Waals surface area contributed by atoms with Gasteiger partial charge in [0.2, 0.25) is 5.88 Å². The maximum absolute atomic E-state index is 10.6. The standard InChI is InChI=1S/C28H35N3O4/c1-4-17-34-20-23(32)18-30(21-15-16-21)19-24-25(5-2)29-31(22-11-7-6-8-12-22)28(24)35-27-14-10-9-13-26(27)33-3/h4,6-14,21,23,32H,1,5,15-20H2,2-3H3. The van der Waals surface area contributed by atoms with Crippen molar-refractivity contribution in [2.45, 2.75) is 44.9 Å². The van der Waals surface area contributed by atoms with Gasteiger partial charge in [-0.1, -0.05) is 43.3 Å². The number of benzene rings is 2. The molecule has 4 rings (SSSR count). The number of hydrogen-bond donors (Lipinski definition) is 1. The van der Waals surface area contributed by atoms with Crippen LogP contribution in [0.1, 0.15) is 31.0 Å². The minimum absolute atomic E-state index is 0.281. The minimum Gasteiger partial charge on any atom is -0.493 e. The summed E-state index contributed by atoms with van der Waals surface area (Å²) in [6.07, 6.45) is 4.12. The van der Waals surface area contributed by atoms with Crippen molar-refractivity contribution in [3.8, 4) is 23.1 Å². The second kappa shape index (κ2) is 12.0. The summed E-state index contributed by atoms with van der Waals surface area (Å²) in [6.45, 7) is 7.64. The Balaban J connectivity index is 1.69. The van der Waals surface area contributed by atoms with E-state index in [0.29, 0.717) is 43.1 Å². The highest BCUT2D eigenvalue weighted by molar-refractivity contribution is 5.47. The Bertz CT molecular complexity index is 1090. The average molecular weight is 478 g/mol. The summed E-state index contributed by atoms with van der Waals surface area (Å²) >= 11 is 0. The van der Waals surface area contributed by atoms with Gasteiger partial charge in [0.05, 0.1) is 43.4 Å². The highest BCUT2D eigenvalue weighted by Gasteiger charge is 2.33. The molecule has 35 heavy (non-hydrogen) atoms. The molecule has 7 heteroatoms. The van der Waals surface area contributed by atoms with Crippen LogP contribution in [-0.4, -0.2) is 58.8 Å². The first-order valence-electron chi connectivity index (χ1n) is 12.2. The second-order valence-electron chi connectivity index (χ2n) is 8.72. The molecule has 1 atom stereocenters. The van der Waals surface area contributed by atoms with Gasteiger partial charge in [-0.05, 0) is 43.5 Å². The third-order valence-electron chi connectivity index (χ3n) is 6.05. The van der Waals surface area contributed by atoms with E-state index in [2.05, 4.69) is 18.4 Å². The van der Waals surface area contributed by atoms with Gasteiger partial charge in [-0.15, -0.1) is 6.58 Å². The van der Waals surface area contributed by atoms with E-state index in [1.54, 1.807) is 13.2 Å². The molecule has 0 saturated heterocycles. The van der Waals surface area contributed by atoms with Gasteiger partial charge in [-0.2, -0.15) is 5.10 Å². The fourth-order valence-electron chi connectivity index (χ4n) is 4.17. The Morgan fingerprint density at radius 2 is 1.86 bits per heavy atom. The van der Waals surface area contributed by atoms with E-state index in [1.807, 2.05) is 59.3 Å². The fraction of sp³-hybridized carbons (Fsp3) is 0.393. The Kier molecular flexibility index (Phi) is 8.58. The Morgan fingerprint density at radius 1 is 1.14 bits per heavy atom. The van der Waals surface area contributed by atoms with Crippen molar-refractivity contribution in [1.29, 1.82) is 0 Å². The van der Waals surface area contributed by atoms with Crippen molar-refractivity contribution in [2.24, 2.45) is 0 Å².